The zero-order valence-corrected chi connectivity index (χ0v) is 10.7. The number of hydrogen-bond donors (Lipinski definition) is 1. The molecule has 3 nitrogen and oxygen atoms in total. The van der Waals surface area contributed by atoms with E-state index in [-0.39, 0.29) is 12.4 Å². The fourth-order valence-corrected chi connectivity index (χ4v) is 1.25. The zero-order valence-electron chi connectivity index (χ0n) is 9.86. The van der Waals surface area contributed by atoms with Crippen molar-refractivity contribution in [3.63, 3.8) is 0 Å². The number of nitrogens with one attached hydrogen (secondary N) is 1. The van der Waals surface area contributed by atoms with Crippen molar-refractivity contribution in [3.05, 3.63) is 24.3 Å². The summed E-state index contributed by atoms with van der Waals surface area (Å²) in [6.07, 6.45) is 0. The molecule has 0 atom stereocenters. The molecule has 0 heterocycles. The molecule has 0 bridgehead atoms. The largest absolute Gasteiger partial charge is 0.490 e. The van der Waals surface area contributed by atoms with Crippen molar-refractivity contribution in [3.8, 4) is 11.5 Å². The van der Waals surface area contributed by atoms with Crippen LogP contribution in [0.4, 0.5) is 0 Å². The van der Waals surface area contributed by atoms with Gasteiger partial charge in [0.25, 0.3) is 0 Å². The highest BCUT2D eigenvalue weighted by molar-refractivity contribution is 5.85. The number of hydrogen-bond acceptors (Lipinski definition) is 3. The van der Waals surface area contributed by atoms with Crippen molar-refractivity contribution in [1.29, 1.82) is 0 Å². The molecule has 0 aromatic heterocycles. The Morgan fingerprint density at radius 1 is 1.06 bits per heavy atom. The topological polar surface area (TPSA) is 30.5 Å². The lowest BCUT2D eigenvalue weighted by molar-refractivity contribution is 0.276. The van der Waals surface area contributed by atoms with Crippen LogP contribution in [0.2, 0.25) is 0 Å². The predicted octanol–water partition coefficient (Wildman–Crippen LogP) is 2.50. The number of ether oxygens (including phenoxy) is 2. The molecule has 0 aliphatic heterocycles. The van der Waals surface area contributed by atoms with E-state index < -0.39 is 0 Å². The molecule has 0 fully saturated rings. The molecule has 0 radical (unpaired) electrons. The van der Waals surface area contributed by atoms with Crippen LogP contribution in [0.25, 0.3) is 0 Å². The molecule has 1 N–H and O–H groups in total. The van der Waals surface area contributed by atoms with Crippen molar-refractivity contribution >= 4 is 12.4 Å². The Morgan fingerprint density at radius 2 is 1.69 bits per heavy atom. The Hall–Kier alpha value is -0.930. The third-order valence-electron chi connectivity index (χ3n) is 1.94. The molecule has 92 valence electrons. The van der Waals surface area contributed by atoms with Crippen molar-refractivity contribution in [2.45, 2.75) is 13.8 Å². The van der Waals surface area contributed by atoms with Gasteiger partial charge in [-0.1, -0.05) is 19.1 Å². The standard InChI is InChI=1S/C12H19NO2.ClH/c1-3-13-9-10-15-12-8-6-5-7-11(12)14-4-2;/h5-8,13H,3-4,9-10H2,1-2H3;1H. The SMILES string of the molecule is CCNCCOc1ccccc1OCC.Cl. The molecule has 1 aromatic carbocycles. The molecule has 0 saturated carbocycles. The highest BCUT2D eigenvalue weighted by Crippen LogP contribution is 2.25. The minimum Gasteiger partial charge on any atom is -0.490 e. The number of rotatable bonds is 7. The first-order valence-electron chi connectivity index (χ1n) is 5.43. The van der Waals surface area contributed by atoms with Crippen LogP contribution < -0.4 is 14.8 Å². The predicted molar refractivity (Wildman–Crippen MR) is 68.9 cm³/mol. The van der Waals surface area contributed by atoms with Crippen molar-refractivity contribution in [1.82, 2.24) is 5.32 Å². The monoisotopic (exact) mass is 245 g/mol. The third kappa shape index (κ3) is 5.24. The summed E-state index contributed by atoms with van der Waals surface area (Å²) in [6.45, 7) is 7.20. The Kier molecular flexibility index (Phi) is 8.77. The first-order valence-corrected chi connectivity index (χ1v) is 5.43. The van der Waals surface area contributed by atoms with Gasteiger partial charge in [-0.2, -0.15) is 0 Å². The molecule has 0 aliphatic carbocycles. The van der Waals surface area contributed by atoms with Gasteiger partial charge in [0.05, 0.1) is 6.61 Å². The highest BCUT2D eigenvalue weighted by atomic mass is 35.5. The van der Waals surface area contributed by atoms with E-state index >= 15 is 0 Å². The van der Waals surface area contributed by atoms with Gasteiger partial charge in [0.2, 0.25) is 0 Å². The van der Waals surface area contributed by atoms with Crippen LogP contribution in [-0.2, 0) is 0 Å². The molecule has 1 rings (SSSR count). The van der Waals surface area contributed by atoms with Gasteiger partial charge in [-0.25, -0.2) is 0 Å². The van der Waals surface area contributed by atoms with Crippen LogP contribution in [0, 0.1) is 0 Å². The first kappa shape index (κ1) is 15.1. The third-order valence-corrected chi connectivity index (χ3v) is 1.94. The Balaban J connectivity index is 0.00000225. The van der Waals surface area contributed by atoms with E-state index in [2.05, 4.69) is 12.2 Å². The summed E-state index contributed by atoms with van der Waals surface area (Å²) < 4.78 is 11.1. The molecular formula is C12H20ClNO2. The summed E-state index contributed by atoms with van der Waals surface area (Å²) in [5, 5.41) is 3.20. The molecular weight excluding hydrogens is 226 g/mol. The van der Waals surface area contributed by atoms with E-state index in [4.69, 9.17) is 9.47 Å². The Morgan fingerprint density at radius 3 is 2.25 bits per heavy atom. The van der Waals surface area contributed by atoms with Gasteiger partial charge >= 0.3 is 0 Å². The van der Waals surface area contributed by atoms with E-state index in [9.17, 15) is 0 Å². The summed E-state index contributed by atoms with van der Waals surface area (Å²) in [5.41, 5.74) is 0. The molecule has 0 aliphatic rings. The number of halogens is 1. The van der Waals surface area contributed by atoms with Crippen LogP contribution in [0.1, 0.15) is 13.8 Å². The summed E-state index contributed by atoms with van der Waals surface area (Å²) in [7, 11) is 0. The number of benzene rings is 1. The fraction of sp³-hybridized carbons (Fsp3) is 0.500. The maximum Gasteiger partial charge on any atom is 0.161 e. The van der Waals surface area contributed by atoms with Gasteiger partial charge in [-0.15, -0.1) is 12.4 Å². The van der Waals surface area contributed by atoms with E-state index in [1.807, 2.05) is 31.2 Å². The van der Waals surface area contributed by atoms with Gasteiger partial charge in [0.1, 0.15) is 6.61 Å². The smallest absolute Gasteiger partial charge is 0.161 e. The van der Waals surface area contributed by atoms with Crippen molar-refractivity contribution in [2.24, 2.45) is 0 Å². The lowest BCUT2D eigenvalue weighted by Gasteiger charge is -2.11. The number of para-hydroxylation sites is 2. The molecule has 0 saturated heterocycles. The van der Waals surface area contributed by atoms with Crippen LogP contribution in [0.15, 0.2) is 24.3 Å². The molecule has 4 heteroatoms. The lowest BCUT2D eigenvalue weighted by atomic mass is 10.3. The quantitative estimate of drug-likeness (QED) is 0.749. The second-order valence-corrected chi connectivity index (χ2v) is 3.08. The average Bonchev–Trinajstić information content (AvgIpc) is 2.27. The van der Waals surface area contributed by atoms with Crippen molar-refractivity contribution < 1.29 is 9.47 Å². The van der Waals surface area contributed by atoms with Crippen LogP contribution in [0.5, 0.6) is 11.5 Å². The Labute approximate surface area is 104 Å². The van der Waals surface area contributed by atoms with E-state index in [0.717, 1.165) is 24.6 Å². The second kappa shape index (κ2) is 9.31. The molecule has 0 amide bonds. The van der Waals surface area contributed by atoms with Gasteiger partial charge in [0, 0.05) is 6.54 Å². The van der Waals surface area contributed by atoms with Gasteiger partial charge in [-0.05, 0) is 25.6 Å². The molecule has 0 spiro atoms. The summed E-state index contributed by atoms with van der Waals surface area (Å²) in [5.74, 6) is 1.63. The van der Waals surface area contributed by atoms with Crippen LogP contribution >= 0.6 is 12.4 Å². The normalized spacial score (nSPS) is 9.38. The Bertz CT molecular complexity index is 281. The first-order chi connectivity index (χ1) is 7.38. The van der Waals surface area contributed by atoms with Gasteiger partial charge < -0.3 is 14.8 Å². The highest BCUT2D eigenvalue weighted by Gasteiger charge is 2.01. The van der Waals surface area contributed by atoms with E-state index in [0.29, 0.717) is 13.2 Å². The zero-order chi connectivity index (χ0) is 10.9. The van der Waals surface area contributed by atoms with Gasteiger partial charge in [0.15, 0.2) is 11.5 Å². The van der Waals surface area contributed by atoms with Crippen LogP contribution in [0.3, 0.4) is 0 Å². The minimum atomic E-state index is 0. The maximum atomic E-state index is 5.60. The van der Waals surface area contributed by atoms with E-state index in [1.165, 1.54) is 0 Å². The average molecular weight is 246 g/mol. The second-order valence-electron chi connectivity index (χ2n) is 3.08. The molecule has 0 unspecified atom stereocenters. The fourth-order valence-electron chi connectivity index (χ4n) is 1.25. The van der Waals surface area contributed by atoms with Gasteiger partial charge in [-0.3, -0.25) is 0 Å². The lowest BCUT2D eigenvalue weighted by Crippen LogP contribution is -2.20. The van der Waals surface area contributed by atoms with Crippen LogP contribution in [-0.4, -0.2) is 26.3 Å². The van der Waals surface area contributed by atoms with E-state index in [1.54, 1.807) is 0 Å². The summed E-state index contributed by atoms with van der Waals surface area (Å²) in [4.78, 5) is 0. The molecule has 16 heavy (non-hydrogen) atoms. The number of likely N-dealkylation sites (N-methyl/N-ethyl adjacent to an activating group) is 1. The summed E-state index contributed by atoms with van der Waals surface area (Å²) in [6, 6.07) is 7.75. The van der Waals surface area contributed by atoms with Crippen molar-refractivity contribution in [2.75, 3.05) is 26.3 Å². The minimum absolute atomic E-state index is 0. The molecule has 1 aromatic rings. The maximum absolute atomic E-state index is 5.60. The summed E-state index contributed by atoms with van der Waals surface area (Å²) >= 11 is 0.